The highest BCUT2D eigenvalue weighted by Gasteiger charge is 2.15. The summed E-state index contributed by atoms with van der Waals surface area (Å²) in [6.45, 7) is 4.78. The van der Waals surface area contributed by atoms with Gasteiger partial charge in [0.05, 0.1) is 18.9 Å². The number of nitrogens with zero attached hydrogens (tertiary/aromatic N) is 2. The van der Waals surface area contributed by atoms with Crippen molar-refractivity contribution < 1.29 is 14.3 Å². The van der Waals surface area contributed by atoms with Crippen LogP contribution in [0.1, 0.15) is 23.6 Å². The lowest BCUT2D eigenvalue weighted by molar-refractivity contribution is 0.102. The Morgan fingerprint density at radius 2 is 2.05 bits per heavy atom. The molecule has 0 aliphatic rings. The number of nitrogens with one attached hydrogen (secondary N) is 1. The van der Waals surface area contributed by atoms with Crippen LogP contribution in [0.3, 0.4) is 0 Å². The van der Waals surface area contributed by atoms with E-state index in [2.05, 4.69) is 15.5 Å². The smallest absolute Gasteiger partial charge is 0.286 e. The molecule has 1 heterocycles. The Balaban J connectivity index is 2.23. The number of aromatic nitrogens is 2. The minimum atomic E-state index is -0.390. The topological polar surface area (TPSA) is 99.4 Å². The van der Waals surface area contributed by atoms with Gasteiger partial charge in [-0.3, -0.25) is 4.79 Å². The zero-order valence-corrected chi connectivity index (χ0v) is 12.6. The van der Waals surface area contributed by atoms with E-state index in [-0.39, 0.29) is 16.0 Å². The molecule has 7 nitrogen and oxygen atoms in total. The molecule has 8 heteroatoms. The maximum Gasteiger partial charge on any atom is 0.286 e. The van der Waals surface area contributed by atoms with Gasteiger partial charge in [0, 0.05) is 6.07 Å². The van der Waals surface area contributed by atoms with Crippen LogP contribution in [0.15, 0.2) is 18.2 Å². The quantitative estimate of drug-likeness (QED) is 0.848. The summed E-state index contributed by atoms with van der Waals surface area (Å²) in [6.07, 6.45) is 0. The molecular weight excluding hydrogens is 292 g/mol. The van der Waals surface area contributed by atoms with E-state index in [1.807, 2.05) is 13.8 Å². The highest BCUT2D eigenvalue weighted by Crippen LogP contribution is 2.30. The minimum absolute atomic E-state index is 0.191. The standard InChI is InChI=1S/C13H16N4O3S/c1-3-19-8-5-6-10(20-4-2)9(7-8)15-11(18)12-16-17-13(14)21-12/h5-7H,3-4H2,1-2H3,(H2,14,17)(H,15,18). The summed E-state index contributed by atoms with van der Waals surface area (Å²) in [6, 6.07) is 5.24. The van der Waals surface area contributed by atoms with Crippen LogP contribution in [0.5, 0.6) is 11.5 Å². The van der Waals surface area contributed by atoms with Crippen LogP contribution in [-0.2, 0) is 0 Å². The molecule has 1 aromatic carbocycles. The maximum atomic E-state index is 12.1. The second-order valence-electron chi connectivity index (χ2n) is 3.92. The van der Waals surface area contributed by atoms with Gasteiger partial charge in [-0.15, -0.1) is 10.2 Å². The summed E-state index contributed by atoms with van der Waals surface area (Å²) in [5.41, 5.74) is 5.99. The Kier molecular flexibility index (Phi) is 4.94. The van der Waals surface area contributed by atoms with Crippen molar-refractivity contribution in [2.45, 2.75) is 13.8 Å². The van der Waals surface area contributed by atoms with E-state index in [0.717, 1.165) is 11.3 Å². The molecule has 0 bridgehead atoms. The molecule has 0 fully saturated rings. The normalized spacial score (nSPS) is 10.2. The molecule has 0 aliphatic heterocycles. The van der Waals surface area contributed by atoms with Crippen molar-refractivity contribution >= 4 is 28.1 Å². The summed E-state index contributed by atoms with van der Waals surface area (Å²) >= 11 is 1.02. The molecule has 21 heavy (non-hydrogen) atoms. The van der Waals surface area contributed by atoms with Gasteiger partial charge in [0.15, 0.2) is 0 Å². The Morgan fingerprint density at radius 3 is 2.67 bits per heavy atom. The van der Waals surface area contributed by atoms with Gasteiger partial charge in [-0.05, 0) is 26.0 Å². The van der Waals surface area contributed by atoms with Crippen molar-refractivity contribution in [1.29, 1.82) is 0 Å². The lowest BCUT2D eigenvalue weighted by Gasteiger charge is -2.12. The Hall–Kier alpha value is -2.35. The molecule has 0 unspecified atom stereocenters. The molecule has 0 spiro atoms. The number of ether oxygens (including phenoxy) is 2. The Labute approximate surface area is 126 Å². The molecule has 0 aliphatic carbocycles. The zero-order chi connectivity index (χ0) is 15.2. The fourth-order valence-corrected chi connectivity index (χ4v) is 2.15. The summed E-state index contributed by atoms with van der Waals surface area (Å²) in [5, 5.41) is 10.5. The largest absolute Gasteiger partial charge is 0.494 e. The van der Waals surface area contributed by atoms with Crippen LogP contribution in [-0.4, -0.2) is 29.3 Å². The molecule has 0 radical (unpaired) electrons. The second-order valence-corrected chi connectivity index (χ2v) is 4.93. The molecule has 1 aromatic heterocycles. The SMILES string of the molecule is CCOc1ccc(OCC)c(NC(=O)c2nnc(N)s2)c1. The fourth-order valence-electron chi connectivity index (χ4n) is 1.65. The third kappa shape index (κ3) is 3.82. The number of hydrogen-bond donors (Lipinski definition) is 2. The van der Waals surface area contributed by atoms with Crippen LogP contribution in [0.25, 0.3) is 0 Å². The third-order valence-electron chi connectivity index (χ3n) is 2.44. The van der Waals surface area contributed by atoms with Gasteiger partial charge in [-0.1, -0.05) is 11.3 Å². The number of benzene rings is 1. The van der Waals surface area contributed by atoms with Crippen LogP contribution < -0.4 is 20.5 Å². The molecule has 0 saturated carbocycles. The molecular formula is C13H16N4O3S. The van der Waals surface area contributed by atoms with E-state index in [1.54, 1.807) is 18.2 Å². The van der Waals surface area contributed by atoms with Crippen LogP contribution in [0.4, 0.5) is 10.8 Å². The predicted molar refractivity (Wildman–Crippen MR) is 81.1 cm³/mol. The first kappa shape index (κ1) is 15.0. The van der Waals surface area contributed by atoms with Crippen molar-refractivity contribution in [1.82, 2.24) is 10.2 Å². The number of amides is 1. The van der Waals surface area contributed by atoms with Crippen LogP contribution in [0, 0.1) is 0 Å². The van der Waals surface area contributed by atoms with Gasteiger partial charge in [0.1, 0.15) is 11.5 Å². The number of rotatable bonds is 6. The summed E-state index contributed by atoms with van der Waals surface area (Å²) in [5.74, 6) is 0.818. The van der Waals surface area contributed by atoms with Crippen molar-refractivity contribution in [2.24, 2.45) is 0 Å². The van der Waals surface area contributed by atoms with E-state index >= 15 is 0 Å². The zero-order valence-electron chi connectivity index (χ0n) is 11.8. The lowest BCUT2D eigenvalue weighted by atomic mass is 10.2. The molecule has 3 N–H and O–H groups in total. The van der Waals surface area contributed by atoms with Gasteiger partial charge in [-0.25, -0.2) is 0 Å². The van der Waals surface area contributed by atoms with Crippen LogP contribution in [0.2, 0.25) is 0 Å². The van der Waals surface area contributed by atoms with Gasteiger partial charge in [0.2, 0.25) is 10.1 Å². The number of carbonyl (C=O) groups excluding carboxylic acids is 1. The average molecular weight is 308 g/mol. The average Bonchev–Trinajstić information content (AvgIpc) is 2.89. The highest BCUT2D eigenvalue weighted by atomic mass is 32.1. The third-order valence-corrected chi connectivity index (χ3v) is 3.20. The summed E-state index contributed by atoms with van der Waals surface area (Å²) < 4.78 is 10.9. The molecule has 112 valence electrons. The first-order valence-corrected chi connectivity index (χ1v) is 7.25. The number of nitrogen functional groups attached to an aromatic ring is 1. The van der Waals surface area contributed by atoms with Gasteiger partial charge >= 0.3 is 0 Å². The maximum absolute atomic E-state index is 12.1. The van der Waals surface area contributed by atoms with Gasteiger partial charge in [-0.2, -0.15) is 0 Å². The van der Waals surface area contributed by atoms with E-state index in [1.165, 1.54) is 0 Å². The Morgan fingerprint density at radius 1 is 1.29 bits per heavy atom. The van der Waals surface area contributed by atoms with E-state index in [4.69, 9.17) is 15.2 Å². The van der Waals surface area contributed by atoms with Crippen molar-refractivity contribution in [3.63, 3.8) is 0 Å². The first-order chi connectivity index (χ1) is 10.1. The number of nitrogens with two attached hydrogens (primary N) is 1. The van der Waals surface area contributed by atoms with Crippen LogP contribution >= 0.6 is 11.3 Å². The van der Waals surface area contributed by atoms with Gasteiger partial charge < -0.3 is 20.5 Å². The second kappa shape index (κ2) is 6.89. The molecule has 0 saturated heterocycles. The molecule has 2 aromatic rings. The highest BCUT2D eigenvalue weighted by molar-refractivity contribution is 7.16. The molecule has 1 amide bonds. The molecule has 2 rings (SSSR count). The predicted octanol–water partition coefficient (Wildman–Crippen LogP) is 2.17. The Bertz CT molecular complexity index is 630. The van der Waals surface area contributed by atoms with E-state index in [9.17, 15) is 4.79 Å². The molecule has 0 atom stereocenters. The first-order valence-electron chi connectivity index (χ1n) is 6.44. The summed E-state index contributed by atoms with van der Waals surface area (Å²) in [4.78, 5) is 12.1. The van der Waals surface area contributed by atoms with Crippen molar-refractivity contribution in [2.75, 3.05) is 24.3 Å². The van der Waals surface area contributed by atoms with Gasteiger partial charge in [0.25, 0.3) is 5.91 Å². The monoisotopic (exact) mass is 308 g/mol. The number of carbonyl (C=O) groups is 1. The lowest BCUT2D eigenvalue weighted by Crippen LogP contribution is -2.13. The van der Waals surface area contributed by atoms with Crippen molar-refractivity contribution in [3.8, 4) is 11.5 Å². The fraction of sp³-hybridized carbons (Fsp3) is 0.308. The van der Waals surface area contributed by atoms with Crippen molar-refractivity contribution in [3.05, 3.63) is 23.2 Å². The van der Waals surface area contributed by atoms with E-state index in [0.29, 0.717) is 30.4 Å². The van der Waals surface area contributed by atoms with E-state index < -0.39 is 0 Å². The minimum Gasteiger partial charge on any atom is -0.494 e. The number of anilines is 2. The summed E-state index contributed by atoms with van der Waals surface area (Å²) in [7, 11) is 0. The number of hydrogen-bond acceptors (Lipinski definition) is 7.